The van der Waals surface area contributed by atoms with Crippen molar-refractivity contribution in [3.63, 3.8) is 0 Å². The summed E-state index contributed by atoms with van der Waals surface area (Å²) in [6.07, 6.45) is 0. The lowest BCUT2D eigenvalue weighted by Crippen LogP contribution is -1.92. The molecule has 0 aromatic heterocycles. The van der Waals surface area contributed by atoms with E-state index in [-0.39, 0.29) is 6.79 Å². The third-order valence-electron chi connectivity index (χ3n) is 1.77. The maximum Gasteiger partial charge on any atom is 0.231 e. The Balaban J connectivity index is 2.25. The molecule has 0 spiro atoms. The van der Waals surface area contributed by atoms with E-state index in [2.05, 4.69) is 4.99 Å². The highest BCUT2D eigenvalue weighted by Gasteiger charge is 2.12. The number of rotatable bonds is 2. The summed E-state index contributed by atoms with van der Waals surface area (Å²) in [4.78, 5) is 3.58. The van der Waals surface area contributed by atoms with Crippen LogP contribution in [0.5, 0.6) is 11.5 Å². The van der Waals surface area contributed by atoms with Gasteiger partial charge in [0.25, 0.3) is 0 Å². The van der Waals surface area contributed by atoms with Crippen LogP contribution in [0.2, 0.25) is 0 Å². The Morgan fingerprint density at radius 3 is 3.08 bits per heavy atom. The molecule has 0 amide bonds. The first-order valence-corrected chi connectivity index (χ1v) is 3.84. The van der Waals surface area contributed by atoms with E-state index in [1.807, 2.05) is 18.2 Å². The molecule has 1 aliphatic heterocycles. The molecule has 1 aliphatic rings. The largest absolute Gasteiger partial charge is 0.454 e. The van der Waals surface area contributed by atoms with Crippen molar-refractivity contribution in [2.45, 2.75) is 6.54 Å². The van der Waals surface area contributed by atoms with E-state index in [9.17, 15) is 0 Å². The summed E-state index contributed by atoms with van der Waals surface area (Å²) >= 11 is 0. The lowest BCUT2D eigenvalue weighted by molar-refractivity contribution is 0.174. The van der Waals surface area contributed by atoms with E-state index in [0.29, 0.717) is 6.54 Å². The Morgan fingerprint density at radius 1 is 1.38 bits per heavy atom. The van der Waals surface area contributed by atoms with Gasteiger partial charge in [-0.3, -0.25) is 0 Å². The molecule has 0 N–H and O–H groups in total. The standard InChI is InChI=1S/C9H7N2O2/c10-5-11-4-7-1-2-8-9(3-7)13-6-12-8/h1-3H,4,6H2. The normalized spacial score (nSPS) is 12.3. The molecule has 65 valence electrons. The topological polar surface area (TPSA) is 53.1 Å². The van der Waals surface area contributed by atoms with Gasteiger partial charge in [-0.05, 0) is 17.7 Å². The van der Waals surface area contributed by atoms with Crippen molar-refractivity contribution in [2.75, 3.05) is 6.79 Å². The van der Waals surface area contributed by atoms with E-state index in [4.69, 9.17) is 14.9 Å². The van der Waals surface area contributed by atoms with E-state index >= 15 is 0 Å². The molecule has 0 saturated heterocycles. The molecular formula is C9H7N2O2. The van der Waals surface area contributed by atoms with E-state index in [0.717, 1.165) is 17.1 Å². The molecule has 4 nitrogen and oxygen atoms in total. The van der Waals surface area contributed by atoms with Crippen molar-refractivity contribution in [1.82, 2.24) is 5.41 Å². The van der Waals surface area contributed by atoms with Gasteiger partial charge in [0.1, 0.15) is 6.01 Å². The molecule has 1 aromatic rings. The fourth-order valence-corrected chi connectivity index (χ4v) is 1.17. The summed E-state index contributed by atoms with van der Waals surface area (Å²) in [7, 11) is 0. The number of ether oxygens (including phenoxy) is 2. The number of nitrogens with zero attached hydrogens (tertiary/aromatic N) is 2. The quantitative estimate of drug-likeness (QED) is 0.627. The van der Waals surface area contributed by atoms with Gasteiger partial charge in [0.15, 0.2) is 11.5 Å². The molecule has 1 heterocycles. The first kappa shape index (κ1) is 7.83. The number of benzene rings is 1. The maximum atomic E-state index is 8.25. The van der Waals surface area contributed by atoms with Crippen molar-refractivity contribution in [3.05, 3.63) is 23.8 Å². The predicted molar refractivity (Wildman–Crippen MR) is 45.8 cm³/mol. The van der Waals surface area contributed by atoms with Gasteiger partial charge in [-0.15, -0.1) is 0 Å². The third-order valence-corrected chi connectivity index (χ3v) is 1.77. The van der Waals surface area contributed by atoms with Gasteiger partial charge in [-0.1, -0.05) is 11.5 Å². The maximum absolute atomic E-state index is 8.25. The average molecular weight is 175 g/mol. The van der Waals surface area contributed by atoms with Gasteiger partial charge in [0, 0.05) is 0 Å². The third kappa shape index (κ3) is 1.53. The minimum absolute atomic E-state index is 0.272. The Labute approximate surface area is 75.3 Å². The van der Waals surface area contributed by atoms with Crippen molar-refractivity contribution in [1.29, 1.82) is 0 Å². The lowest BCUT2D eigenvalue weighted by atomic mass is 10.2. The highest BCUT2D eigenvalue weighted by molar-refractivity contribution is 5.45. The van der Waals surface area contributed by atoms with Gasteiger partial charge in [0.05, 0.1) is 6.54 Å². The fraction of sp³-hybridized carbons (Fsp3) is 0.222. The van der Waals surface area contributed by atoms with Crippen LogP contribution in [0, 0.1) is 0 Å². The first-order valence-electron chi connectivity index (χ1n) is 3.84. The zero-order valence-electron chi connectivity index (χ0n) is 6.86. The van der Waals surface area contributed by atoms with Crippen LogP contribution in [0.1, 0.15) is 5.56 Å². The summed E-state index contributed by atoms with van der Waals surface area (Å²) in [6.45, 7) is 0.668. The summed E-state index contributed by atoms with van der Waals surface area (Å²) in [5.41, 5.74) is 0.950. The van der Waals surface area contributed by atoms with Crippen LogP contribution < -0.4 is 14.9 Å². The Kier molecular flexibility index (Phi) is 1.98. The molecule has 0 bridgehead atoms. The van der Waals surface area contributed by atoms with Crippen molar-refractivity contribution in [2.24, 2.45) is 4.99 Å². The summed E-state index contributed by atoms with van der Waals surface area (Å²) in [5, 5.41) is 8.25. The number of fused-ring (bicyclic) bond motifs is 1. The molecule has 4 heteroatoms. The zero-order chi connectivity index (χ0) is 9.10. The van der Waals surface area contributed by atoms with Crippen LogP contribution >= 0.6 is 0 Å². The smallest absolute Gasteiger partial charge is 0.231 e. The SMILES string of the molecule is [N]=C=NCc1ccc2c(c1)OCO2. The summed E-state index contributed by atoms with van der Waals surface area (Å²) in [6, 6.07) is 7.27. The monoisotopic (exact) mass is 175 g/mol. The minimum atomic E-state index is 0.272. The number of hydrogen-bond donors (Lipinski definition) is 0. The van der Waals surface area contributed by atoms with Gasteiger partial charge >= 0.3 is 0 Å². The molecule has 2 rings (SSSR count). The molecule has 0 atom stereocenters. The second-order valence-corrected chi connectivity index (χ2v) is 2.60. The van der Waals surface area contributed by atoms with Crippen LogP contribution in [0.4, 0.5) is 0 Å². The van der Waals surface area contributed by atoms with E-state index in [1.165, 1.54) is 0 Å². The van der Waals surface area contributed by atoms with Crippen molar-refractivity contribution in [3.8, 4) is 11.5 Å². The lowest BCUT2D eigenvalue weighted by Gasteiger charge is -1.97. The van der Waals surface area contributed by atoms with Gasteiger partial charge in [-0.2, -0.15) is 0 Å². The summed E-state index contributed by atoms with van der Waals surface area (Å²) < 4.78 is 10.3. The second kappa shape index (κ2) is 3.29. The molecule has 1 radical (unpaired) electrons. The molecule has 0 saturated carbocycles. The van der Waals surface area contributed by atoms with Gasteiger partial charge < -0.3 is 9.47 Å². The number of hydrogen-bond acceptors (Lipinski definition) is 3. The van der Waals surface area contributed by atoms with Gasteiger partial charge in [0.2, 0.25) is 6.79 Å². The van der Waals surface area contributed by atoms with Gasteiger partial charge in [-0.25, -0.2) is 4.99 Å². The zero-order valence-corrected chi connectivity index (χ0v) is 6.86. The average Bonchev–Trinajstić information content (AvgIpc) is 2.61. The Bertz CT molecular complexity index is 370. The molecule has 0 unspecified atom stereocenters. The molecular weight excluding hydrogens is 168 g/mol. The van der Waals surface area contributed by atoms with Crippen molar-refractivity contribution < 1.29 is 9.47 Å². The minimum Gasteiger partial charge on any atom is -0.454 e. The molecule has 1 aromatic carbocycles. The summed E-state index contributed by atoms with van der Waals surface area (Å²) in [5.74, 6) is 1.48. The van der Waals surface area contributed by atoms with E-state index in [1.54, 1.807) is 6.01 Å². The Hall–Kier alpha value is -1.80. The predicted octanol–water partition coefficient (Wildman–Crippen LogP) is 0.889. The fourth-order valence-electron chi connectivity index (χ4n) is 1.17. The van der Waals surface area contributed by atoms with E-state index < -0.39 is 0 Å². The molecule has 0 aliphatic carbocycles. The molecule has 13 heavy (non-hydrogen) atoms. The first-order chi connectivity index (χ1) is 6.40. The van der Waals surface area contributed by atoms with Crippen LogP contribution in [0.15, 0.2) is 23.2 Å². The second-order valence-electron chi connectivity index (χ2n) is 2.60. The van der Waals surface area contributed by atoms with Crippen LogP contribution in [0.3, 0.4) is 0 Å². The number of aliphatic imine (C=N–C) groups is 1. The van der Waals surface area contributed by atoms with Crippen molar-refractivity contribution >= 4 is 6.01 Å². The Morgan fingerprint density at radius 2 is 2.23 bits per heavy atom. The van der Waals surface area contributed by atoms with Crippen LogP contribution in [-0.2, 0) is 6.54 Å². The van der Waals surface area contributed by atoms with Crippen LogP contribution in [0.25, 0.3) is 0 Å². The van der Waals surface area contributed by atoms with Crippen LogP contribution in [-0.4, -0.2) is 12.8 Å². The highest BCUT2D eigenvalue weighted by atomic mass is 16.7. The highest BCUT2D eigenvalue weighted by Crippen LogP contribution is 2.32. The molecule has 0 fully saturated rings.